The molecule has 4 rings (SSSR count). The first-order chi connectivity index (χ1) is 13.4. The fourth-order valence-electron chi connectivity index (χ4n) is 3.98. The summed E-state index contributed by atoms with van der Waals surface area (Å²) in [6.07, 6.45) is 0.681. The van der Waals surface area contributed by atoms with Crippen LogP contribution in [0.2, 0.25) is 0 Å². The fraction of sp³-hybridized carbons (Fsp3) is 0.421. The number of hydrogen-bond acceptors (Lipinski definition) is 6. The van der Waals surface area contributed by atoms with E-state index in [1.165, 1.54) is 11.4 Å². The summed E-state index contributed by atoms with van der Waals surface area (Å²) in [4.78, 5) is 16.6. The van der Waals surface area contributed by atoms with Crippen LogP contribution in [0.3, 0.4) is 0 Å². The van der Waals surface area contributed by atoms with E-state index in [0.717, 1.165) is 5.69 Å². The molecule has 2 saturated heterocycles. The zero-order chi connectivity index (χ0) is 19.9. The molecule has 3 heterocycles. The molecule has 1 aromatic carbocycles. The van der Waals surface area contributed by atoms with Crippen LogP contribution in [0.1, 0.15) is 6.42 Å². The topological polar surface area (TPSA) is 70.2 Å². The lowest BCUT2D eigenvalue weighted by Crippen LogP contribution is -2.64. The van der Waals surface area contributed by atoms with E-state index in [0.29, 0.717) is 31.8 Å². The van der Waals surface area contributed by atoms with E-state index in [1.807, 2.05) is 28.8 Å². The van der Waals surface area contributed by atoms with Crippen molar-refractivity contribution in [3.8, 4) is 5.75 Å². The summed E-state index contributed by atoms with van der Waals surface area (Å²) in [6.45, 7) is 1.55. The highest BCUT2D eigenvalue weighted by atomic mass is 32.2. The van der Waals surface area contributed by atoms with Crippen molar-refractivity contribution >= 4 is 33.0 Å². The Labute approximate surface area is 169 Å². The van der Waals surface area contributed by atoms with Crippen molar-refractivity contribution in [3.63, 3.8) is 0 Å². The minimum atomic E-state index is -3.63. The van der Waals surface area contributed by atoms with Crippen molar-refractivity contribution < 1.29 is 17.9 Å². The molecule has 1 aromatic heterocycles. The molecule has 0 saturated carbocycles. The SMILES string of the molecule is COc1cccc(S(=O)(=O)N2CC[C@]3(CN(c4ccsc4)C(=O)CN3C)C2)c1. The number of amides is 1. The molecule has 0 aliphatic carbocycles. The van der Waals surface area contributed by atoms with E-state index in [1.54, 1.807) is 40.5 Å². The van der Waals surface area contributed by atoms with Crippen molar-refractivity contribution in [1.82, 2.24) is 9.21 Å². The van der Waals surface area contributed by atoms with Gasteiger partial charge in [0.15, 0.2) is 0 Å². The van der Waals surface area contributed by atoms with E-state index >= 15 is 0 Å². The lowest BCUT2D eigenvalue weighted by atomic mass is 9.93. The maximum Gasteiger partial charge on any atom is 0.243 e. The summed E-state index contributed by atoms with van der Waals surface area (Å²) in [7, 11) is -0.205. The third kappa shape index (κ3) is 3.22. The molecule has 28 heavy (non-hydrogen) atoms. The zero-order valence-corrected chi connectivity index (χ0v) is 17.5. The molecule has 1 spiro atoms. The van der Waals surface area contributed by atoms with Crippen LogP contribution in [-0.2, 0) is 14.8 Å². The Morgan fingerprint density at radius 2 is 2.04 bits per heavy atom. The van der Waals surface area contributed by atoms with Crippen molar-refractivity contribution in [1.29, 1.82) is 0 Å². The number of nitrogens with zero attached hydrogens (tertiary/aromatic N) is 3. The van der Waals surface area contributed by atoms with Gasteiger partial charge in [0, 0.05) is 31.1 Å². The van der Waals surface area contributed by atoms with Crippen molar-refractivity contribution in [2.45, 2.75) is 16.9 Å². The monoisotopic (exact) mass is 421 g/mol. The van der Waals surface area contributed by atoms with Crippen LogP contribution in [0.25, 0.3) is 0 Å². The zero-order valence-electron chi connectivity index (χ0n) is 15.9. The van der Waals surface area contributed by atoms with E-state index in [9.17, 15) is 13.2 Å². The van der Waals surface area contributed by atoms with Gasteiger partial charge < -0.3 is 9.64 Å². The second-order valence-corrected chi connectivity index (χ2v) is 10.0. The van der Waals surface area contributed by atoms with Crippen LogP contribution in [0.5, 0.6) is 5.75 Å². The third-order valence-electron chi connectivity index (χ3n) is 5.73. The van der Waals surface area contributed by atoms with Gasteiger partial charge in [-0.1, -0.05) is 6.07 Å². The molecular formula is C19H23N3O4S2. The van der Waals surface area contributed by atoms with Gasteiger partial charge in [-0.15, -0.1) is 0 Å². The smallest absolute Gasteiger partial charge is 0.243 e. The molecular weight excluding hydrogens is 398 g/mol. The number of sulfonamides is 1. The van der Waals surface area contributed by atoms with Crippen LogP contribution in [0.4, 0.5) is 5.69 Å². The lowest BCUT2D eigenvalue weighted by molar-refractivity contribution is -0.123. The summed E-state index contributed by atoms with van der Waals surface area (Å²) in [5.74, 6) is 0.555. The highest BCUT2D eigenvalue weighted by Gasteiger charge is 2.50. The molecule has 2 aliphatic rings. The van der Waals surface area contributed by atoms with Crippen molar-refractivity contribution in [2.75, 3.05) is 45.2 Å². The van der Waals surface area contributed by atoms with Crippen LogP contribution < -0.4 is 9.64 Å². The number of anilines is 1. The molecule has 2 aliphatic heterocycles. The number of piperazine rings is 1. The number of thiophene rings is 1. The van der Waals surface area contributed by atoms with Crippen LogP contribution in [0.15, 0.2) is 46.0 Å². The predicted octanol–water partition coefficient (Wildman–Crippen LogP) is 1.87. The molecule has 1 atom stereocenters. The van der Waals surface area contributed by atoms with Crippen LogP contribution >= 0.6 is 11.3 Å². The van der Waals surface area contributed by atoms with E-state index in [-0.39, 0.29) is 22.9 Å². The summed E-state index contributed by atoms with van der Waals surface area (Å²) < 4.78 is 33.1. The Morgan fingerprint density at radius 1 is 1.21 bits per heavy atom. The summed E-state index contributed by atoms with van der Waals surface area (Å²) in [5, 5.41) is 3.90. The number of methoxy groups -OCH3 is 1. The molecule has 0 radical (unpaired) electrons. The van der Waals surface area contributed by atoms with Crippen molar-refractivity contribution in [3.05, 3.63) is 41.1 Å². The van der Waals surface area contributed by atoms with Gasteiger partial charge in [-0.2, -0.15) is 15.6 Å². The molecule has 7 nitrogen and oxygen atoms in total. The summed E-state index contributed by atoms with van der Waals surface area (Å²) >= 11 is 1.55. The number of benzene rings is 1. The average Bonchev–Trinajstić information content (AvgIpc) is 3.36. The van der Waals surface area contributed by atoms with E-state index < -0.39 is 10.0 Å². The van der Waals surface area contributed by atoms with Gasteiger partial charge >= 0.3 is 0 Å². The average molecular weight is 422 g/mol. The van der Waals surface area contributed by atoms with Gasteiger partial charge in [-0.05, 0) is 37.0 Å². The first kappa shape index (κ1) is 19.4. The molecule has 0 N–H and O–H groups in total. The predicted molar refractivity (Wildman–Crippen MR) is 108 cm³/mol. The number of hydrogen-bond donors (Lipinski definition) is 0. The molecule has 150 valence electrons. The molecule has 9 heteroatoms. The van der Waals surface area contributed by atoms with E-state index in [2.05, 4.69) is 0 Å². The number of rotatable bonds is 4. The standard InChI is InChI=1S/C19H23N3O4S2/c1-20-11-18(23)22(15-6-9-27-12-15)14-19(20)7-8-21(13-19)28(24,25)17-5-3-4-16(10-17)26-2/h3-6,9-10,12H,7-8,11,13-14H2,1-2H3/t19-/m1/s1. The van der Waals surface area contributed by atoms with Crippen molar-refractivity contribution in [2.24, 2.45) is 0 Å². The maximum atomic E-state index is 13.2. The highest BCUT2D eigenvalue weighted by molar-refractivity contribution is 7.89. The fourth-order valence-corrected chi connectivity index (χ4v) is 6.18. The van der Waals surface area contributed by atoms with Gasteiger partial charge in [-0.3, -0.25) is 9.69 Å². The molecule has 0 unspecified atom stereocenters. The Kier molecular flexibility index (Phi) is 4.95. The number of likely N-dealkylation sites (N-methyl/N-ethyl adjacent to an activating group) is 1. The van der Waals surface area contributed by atoms with Gasteiger partial charge in [0.25, 0.3) is 0 Å². The highest BCUT2D eigenvalue weighted by Crippen LogP contribution is 2.36. The minimum Gasteiger partial charge on any atom is -0.497 e. The minimum absolute atomic E-state index is 0.0422. The van der Waals surface area contributed by atoms with Gasteiger partial charge in [-0.25, -0.2) is 8.42 Å². The quantitative estimate of drug-likeness (QED) is 0.754. The second-order valence-electron chi connectivity index (χ2n) is 7.31. The van der Waals surface area contributed by atoms with Gasteiger partial charge in [0.2, 0.25) is 15.9 Å². The molecule has 2 aromatic rings. The molecule has 2 fully saturated rings. The van der Waals surface area contributed by atoms with Crippen LogP contribution in [0, 0.1) is 0 Å². The Bertz CT molecular complexity index is 977. The lowest BCUT2D eigenvalue weighted by Gasteiger charge is -2.46. The van der Waals surface area contributed by atoms with E-state index in [4.69, 9.17) is 4.74 Å². The third-order valence-corrected chi connectivity index (χ3v) is 8.24. The number of ether oxygens (including phenoxy) is 1. The summed E-state index contributed by atoms with van der Waals surface area (Å²) in [6, 6.07) is 8.48. The molecule has 1 amide bonds. The first-order valence-electron chi connectivity index (χ1n) is 9.04. The van der Waals surface area contributed by atoms with Gasteiger partial charge in [0.1, 0.15) is 5.75 Å². The second kappa shape index (κ2) is 7.14. The maximum absolute atomic E-state index is 13.2. The number of carbonyl (C=O) groups excluding carboxylic acids is 1. The normalized spacial score (nSPS) is 24.2. The van der Waals surface area contributed by atoms with Gasteiger partial charge in [0.05, 0.1) is 29.8 Å². The Balaban J connectivity index is 1.60. The first-order valence-corrected chi connectivity index (χ1v) is 11.4. The van der Waals surface area contributed by atoms with Crippen LogP contribution in [-0.4, -0.2) is 69.4 Å². The largest absolute Gasteiger partial charge is 0.497 e. The summed E-state index contributed by atoms with van der Waals surface area (Å²) in [5.41, 5.74) is 0.499. The number of carbonyl (C=O) groups is 1. The Hall–Kier alpha value is -1.94. The molecule has 0 bridgehead atoms. The Morgan fingerprint density at radius 3 is 2.75 bits per heavy atom.